The van der Waals surface area contributed by atoms with E-state index in [1.807, 2.05) is 39.0 Å². The minimum absolute atomic E-state index is 0.184. The largest absolute Gasteiger partial charge is 0.444 e. The molecule has 0 bridgehead atoms. The summed E-state index contributed by atoms with van der Waals surface area (Å²) in [7, 11) is 2.66. The molecule has 1 heterocycles. The van der Waals surface area contributed by atoms with Gasteiger partial charge in [0.05, 0.1) is 30.2 Å². The second kappa shape index (κ2) is 11.0. The van der Waals surface area contributed by atoms with Crippen molar-refractivity contribution in [1.29, 1.82) is 0 Å². The number of benzene rings is 1. The Morgan fingerprint density at radius 1 is 1.19 bits per heavy atom. The van der Waals surface area contributed by atoms with Gasteiger partial charge in [-0.05, 0) is 52.3 Å². The molecule has 182 valence electrons. The van der Waals surface area contributed by atoms with Crippen LogP contribution in [0.2, 0.25) is 0 Å². The number of nitrogens with two attached hydrogens (primary N) is 1. The number of nitrogens with one attached hydrogen (secondary N) is 2. The number of amides is 1. The highest BCUT2D eigenvalue weighted by Crippen LogP contribution is 2.31. The van der Waals surface area contributed by atoms with Crippen LogP contribution < -0.4 is 11.1 Å². The molecule has 0 spiro atoms. The molecule has 32 heavy (non-hydrogen) atoms. The van der Waals surface area contributed by atoms with E-state index in [1.165, 1.54) is 0 Å². The number of halogens is 3. The molecule has 2 aromatic rings. The van der Waals surface area contributed by atoms with Gasteiger partial charge in [-0.1, -0.05) is 6.07 Å². The van der Waals surface area contributed by atoms with E-state index in [2.05, 4.69) is 20.0 Å². The van der Waals surface area contributed by atoms with E-state index in [0.717, 1.165) is 37.6 Å². The average Bonchev–Trinajstić information content (AvgIpc) is 3.07. The molecule has 0 aliphatic heterocycles. The maximum atomic E-state index is 11.7. The van der Waals surface area contributed by atoms with E-state index >= 15 is 0 Å². The Labute approximate surface area is 186 Å². The molecule has 0 saturated heterocycles. The van der Waals surface area contributed by atoms with Crippen LogP contribution in [0.5, 0.6) is 0 Å². The number of methoxy groups -OCH3 is 2. The number of nitrogens with zero attached hydrogens (tertiary/aromatic N) is 1. The van der Waals surface area contributed by atoms with Gasteiger partial charge in [-0.3, -0.25) is 0 Å². The van der Waals surface area contributed by atoms with Gasteiger partial charge < -0.3 is 30.2 Å². The number of hydrogen-bond acceptors (Lipinski definition) is 6. The highest BCUT2D eigenvalue weighted by atomic mass is 19.4. The van der Waals surface area contributed by atoms with Crippen LogP contribution in [0.3, 0.4) is 0 Å². The fourth-order valence-electron chi connectivity index (χ4n) is 2.26. The van der Waals surface area contributed by atoms with Crippen molar-refractivity contribution in [2.75, 3.05) is 20.8 Å². The molecule has 1 amide bonds. The summed E-state index contributed by atoms with van der Waals surface area (Å²) in [6.45, 7) is 8.13. The third-order valence-electron chi connectivity index (χ3n) is 4.32. The first-order valence-electron chi connectivity index (χ1n) is 9.91. The normalized spacial score (nSPS) is 13.3. The molecule has 0 saturated carbocycles. The number of alkyl halides is 3. The third kappa shape index (κ3) is 8.64. The van der Waals surface area contributed by atoms with Crippen LogP contribution in [0, 0.1) is 0 Å². The molecule has 0 aliphatic rings. The van der Waals surface area contributed by atoms with Crippen molar-refractivity contribution in [3.63, 3.8) is 0 Å². The van der Waals surface area contributed by atoms with Gasteiger partial charge in [0.15, 0.2) is 5.60 Å². The number of ether oxygens (including phenoxy) is 3. The quantitative estimate of drug-likeness (QED) is 0.593. The van der Waals surface area contributed by atoms with Gasteiger partial charge in [0.2, 0.25) is 0 Å². The van der Waals surface area contributed by atoms with Crippen molar-refractivity contribution < 1.29 is 32.2 Å². The highest BCUT2D eigenvalue weighted by molar-refractivity contribution is 5.76. The number of carbonyl (C=O) groups excluding carboxylic acids is 1. The van der Waals surface area contributed by atoms with Crippen molar-refractivity contribution in [2.24, 2.45) is 5.73 Å². The molecule has 1 aromatic carbocycles. The minimum Gasteiger partial charge on any atom is -0.444 e. The van der Waals surface area contributed by atoms with E-state index in [9.17, 15) is 18.0 Å². The van der Waals surface area contributed by atoms with Crippen LogP contribution in [-0.4, -0.2) is 54.3 Å². The van der Waals surface area contributed by atoms with Crippen LogP contribution in [-0.2, 0) is 20.8 Å². The number of hydrogen-bond donors (Lipinski definition) is 3. The standard InChI is InChI=1S/C16H24N4O3.C5H9F3O/c1-16(2,3)23-15(21)18-8-14-19-12-6-5-10(7-13(12)20-14)11(17)9-22-4;1-4(2,9-3)5(6,7)8/h5-7,11H,8-9,17H2,1-4H3,(H,18,21)(H,19,20);1-3H3. The maximum absolute atomic E-state index is 11.7. The monoisotopic (exact) mass is 462 g/mol. The van der Waals surface area contributed by atoms with Gasteiger partial charge in [-0.15, -0.1) is 0 Å². The molecule has 2 rings (SSSR count). The Balaban J connectivity index is 0.000000482. The van der Waals surface area contributed by atoms with E-state index in [0.29, 0.717) is 12.4 Å². The molecule has 0 aliphatic carbocycles. The second-order valence-electron chi connectivity index (χ2n) is 8.59. The SMILES string of the molecule is COC(C)(C)C(F)(F)F.COCC(N)c1ccc2nc(CNC(=O)OC(C)(C)C)[nH]c2c1. The highest BCUT2D eigenvalue weighted by Gasteiger charge is 2.47. The summed E-state index contributed by atoms with van der Waals surface area (Å²) in [5.41, 5.74) is 6.14. The zero-order valence-electron chi connectivity index (χ0n) is 19.5. The lowest BCUT2D eigenvalue weighted by molar-refractivity contribution is -0.255. The number of H-pyrrole nitrogens is 1. The maximum Gasteiger partial charge on any atom is 0.416 e. The molecule has 0 radical (unpaired) electrons. The summed E-state index contributed by atoms with van der Waals surface area (Å²) in [6.07, 6.45) is -4.75. The Morgan fingerprint density at radius 2 is 1.81 bits per heavy atom. The lowest BCUT2D eigenvalue weighted by atomic mass is 10.1. The predicted octanol–water partition coefficient (Wildman–Crippen LogP) is 4.21. The lowest BCUT2D eigenvalue weighted by Crippen LogP contribution is -2.40. The van der Waals surface area contributed by atoms with Crippen LogP contribution >= 0.6 is 0 Å². The summed E-state index contributed by atoms with van der Waals surface area (Å²) in [5, 5.41) is 2.67. The van der Waals surface area contributed by atoms with E-state index in [4.69, 9.17) is 15.2 Å². The van der Waals surface area contributed by atoms with Crippen molar-refractivity contribution in [2.45, 2.75) is 64.6 Å². The zero-order valence-corrected chi connectivity index (χ0v) is 19.5. The molecule has 0 fully saturated rings. The third-order valence-corrected chi connectivity index (χ3v) is 4.32. The predicted molar refractivity (Wildman–Crippen MR) is 115 cm³/mol. The van der Waals surface area contributed by atoms with E-state index < -0.39 is 23.5 Å². The topological polar surface area (TPSA) is 111 Å². The minimum atomic E-state index is -4.28. The van der Waals surface area contributed by atoms with Crippen molar-refractivity contribution in [3.05, 3.63) is 29.6 Å². The van der Waals surface area contributed by atoms with Crippen LogP contribution in [0.25, 0.3) is 11.0 Å². The fourth-order valence-corrected chi connectivity index (χ4v) is 2.26. The lowest BCUT2D eigenvalue weighted by Gasteiger charge is -2.25. The number of imidazole rings is 1. The van der Waals surface area contributed by atoms with Gasteiger partial charge in [-0.25, -0.2) is 9.78 Å². The average molecular weight is 463 g/mol. The first-order valence-corrected chi connectivity index (χ1v) is 9.91. The number of aromatic amines is 1. The Hall–Kier alpha value is -2.37. The van der Waals surface area contributed by atoms with Gasteiger partial charge >= 0.3 is 12.3 Å². The number of alkyl carbamates (subject to hydrolysis) is 1. The summed E-state index contributed by atoms with van der Waals surface area (Å²) < 4.78 is 49.6. The van der Waals surface area contributed by atoms with Crippen molar-refractivity contribution in [3.8, 4) is 0 Å². The molecular weight excluding hydrogens is 429 g/mol. The van der Waals surface area contributed by atoms with Crippen molar-refractivity contribution in [1.82, 2.24) is 15.3 Å². The Kier molecular flexibility index (Phi) is 9.49. The molecule has 4 N–H and O–H groups in total. The van der Waals surface area contributed by atoms with Gasteiger partial charge in [0.25, 0.3) is 0 Å². The summed E-state index contributed by atoms with van der Waals surface area (Å²) in [5.74, 6) is 0.656. The molecule has 1 unspecified atom stereocenters. The van der Waals surface area contributed by atoms with Gasteiger partial charge in [0.1, 0.15) is 11.4 Å². The summed E-state index contributed by atoms with van der Waals surface area (Å²) in [4.78, 5) is 19.3. The number of aromatic nitrogens is 2. The smallest absolute Gasteiger partial charge is 0.416 e. The number of fused-ring (bicyclic) bond motifs is 1. The fraction of sp³-hybridized carbons (Fsp3) is 0.619. The van der Waals surface area contributed by atoms with Crippen LogP contribution in [0.1, 0.15) is 52.0 Å². The second-order valence-corrected chi connectivity index (χ2v) is 8.59. The summed E-state index contributed by atoms with van der Waals surface area (Å²) >= 11 is 0. The Morgan fingerprint density at radius 3 is 2.28 bits per heavy atom. The van der Waals surface area contributed by atoms with Gasteiger partial charge in [0, 0.05) is 14.2 Å². The molecule has 8 nitrogen and oxygen atoms in total. The van der Waals surface area contributed by atoms with E-state index in [-0.39, 0.29) is 12.6 Å². The van der Waals surface area contributed by atoms with E-state index in [1.54, 1.807) is 7.11 Å². The Bertz CT molecular complexity index is 876. The first-order chi connectivity index (χ1) is 14.6. The zero-order chi connectivity index (χ0) is 24.7. The molecule has 1 aromatic heterocycles. The van der Waals surface area contributed by atoms with Crippen LogP contribution in [0.15, 0.2) is 18.2 Å². The van der Waals surface area contributed by atoms with Gasteiger partial charge in [-0.2, -0.15) is 13.2 Å². The molecular formula is C21H33F3N4O4. The first kappa shape index (κ1) is 27.7. The number of rotatable bonds is 6. The summed E-state index contributed by atoms with van der Waals surface area (Å²) in [6, 6.07) is 5.59. The molecule has 11 heteroatoms. The number of carbonyl (C=O) groups is 1. The molecule has 1 atom stereocenters. The van der Waals surface area contributed by atoms with Crippen LogP contribution in [0.4, 0.5) is 18.0 Å². The van der Waals surface area contributed by atoms with Crippen molar-refractivity contribution >= 4 is 17.1 Å².